The van der Waals surface area contributed by atoms with Gasteiger partial charge in [0.1, 0.15) is 0 Å². The lowest BCUT2D eigenvalue weighted by atomic mass is 9.87. The summed E-state index contributed by atoms with van der Waals surface area (Å²) < 4.78 is 52.0. The van der Waals surface area contributed by atoms with E-state index in [9.17, 15) is 13.2 Å². The number of benzene rings is 17. The predicted molar refractivity (Wildman–Crippen MR) is 501 cm³/mol. The van der Waals surface area contributed by atoms with Gasteiger partial charge in [0.25, 0.3) is 0 Å². The van der Waals surface area contributed by atoms with Gasteiger partial charge in [-0.1, -0.05) is 231 Å². The van der Waals surface area contributed by atoms with Crippen molar-refractivity contribution < 1.29 is 13.2 Å². The Morgan fingerprint density at radius 1 is 0.294 bits per heavy atom. The van der Waals surface area contributed by atoms with Crippen molar-refractivity contribution in [3.05, 3.63) is 340 Å². The Morgan fingerprint density at radius 2 is 0.555 bits per heavy atom. The van der Waals surface area contributed by atoms with E-state index >= 15 is 0 Å². The molecule has 0 saturated carbocycles. The number of aromatic nitrogens is 3. The fraction of sp³-hybridized carbons (Fsp3) is 0.168. The summed E-state index contributed by atoms with van der Waals surface area (Å²) in [6.07, 6.45) is 8.20. The Morgan fingerprint density at radius 3 is 0.824 bits per heavy atom. The molecule has 0 aliphatic rings. The fourth-order valence-electron chi connectivity index (χ4n) is 20.9. The van der Waals surface area contributed by atoms with Crippen LogP contribution in [0.5, 0.6) is 0 Å². The van der Waals surface area contributed by atoms with E-state index in [-0.39, 0.29) is 11.8 Å². The Kier molecular flexibility index (Phi) is 15.8. The smallest absolute Gasteiger partial charge is 0.308 e. The maximum atomic E-state index is 14.9. The van der Waals surface area contributed by atoms with Crippen LogP contribution >= 0.6 is 0 Å². The number of hydrogen-bond donors (Lipinski definition) is 0. The summed E-state index contributed by atoms with van der Waals surface area (Å²) in [5.74, 6) is 5.03. The monoisotopic (exact) mass is 1540 g/mol. The summed E-state index contributed by atoms with van der Waals surface area (Å²) in [5.41, 5.74) is 22.8. The topological polar surface area (TPSA) is 13.2 Å². The minimum absolute atomic E-state index is 0.244. The highest BCUT2D eigenvalue weighted by molar-refractivity contribution is 6.30. The van der Waals surface area contributed by atoms with Crippen LogP contribution in [0.4, 0.5) is 13.2 Å². The van der Waals surface area contributed by atoms with Crippen molar-refractivity contribution in [1.82, 2.24) is 13.2 Å². The van der Waals surface area contributed by atoms with Crippen LogP contribution in [0, 0.1) is 12.3 Å². The average molecular weight is 1540 g/mol. The van der Waals surface area contributed by atoms with Crippen LogP contribution in [-0.4, -0.2) is 13.2 Å². The largest absolute Gasteiger partial charge is 0.416 e. The van der Waals surface area contributed by atoms with Crippen molar-refractivity contribution in [1.29, 1.82) is 0 Å². The zero-order chi connectivity index (χ0) is 80.4. The van der Waals surface area contributed by atoms with E-state index in [1.165, 1.54) is 181 Å². The third-order valence-electron chi connectivity index (χ3n) is 27.7. The van der Waals surface area contributed by atoms with E-state index in [0.717, 1.165) is 85.7 Å². The van der Waals surface area contributed by atoms with Gasteiger partial charge in [-0.3, -0.25) is 0 Å². The van der Waals surface area contributed by atoms with Crippen LogP contribution < -0.4 is 0 Å². The first-order chi connectivity index (χ1) is 57.8. The zero-order valence-corrected chi connectivity index (χ0v) is 68.0. The molecule has 0 bridgehead atoms. The molecule has 23 rings (SSSR count). The third-order valence-corrected chi connectivity index (χ3v) is 27.7. The van der Waals surface area contributed by atoms with E-state index in [0.29, 0.717) is 34.4 Å². The second-order valence-corrected chi connectivity index (χ2v) is 35.7. The summed E-state index contributed by atoms with van der Waals surface area (Å²) in [6.45, 7) is 18.4. The SMILES string of the molecule is C#Cc1cc2c3cc4cc(C(C)C)ccc4cc3n3c4cc5ccc(C(C)CCC(C)c6ccc7cc8c(cc7c6)c6cc(C=C(c7ccccc7)c7ccccc7)cc7c9cc%10cc(C(C)CCC(C)c%11ccc%12cc%13c(cc%12c%11)c%11cc(C(F)(F)F)cc%12c%14cc%15cc(C(C)C)ccc%15cc%14n%13c%12%11)ccc%10cc9n8c67)cc5cc4c(c1)c23. The molecule has 0 saturated heterocycles. The van der Waals surface area contributed by atoms with E-state index in [1.54, 1.807) is 0 Å². The molecule has 23 aromatic rings. The first-order valence-electron chi connectivity index (χ1n) is 42.6. The van der Waals surface area contributed by atoms with Crippen LogP contribution in [0.2, 0.25) is 0 Å². The standard InChI is InChI=1S/C113H86F3N3/c1-10-68-37-98-92-48-84-42-72(62(2)3)25-31-78(84)54-104(92)117-105-56-80-33-27-74(44-86(80)50-93(105)99(38-68)110(98)117)64(6)21-22-65(7)75-28-34-81-57-106-94(51-87(81)45-75)100-40-69(39-91(70-17-13-11-14-18-70)71-19-15-12-16-20-71)41-101-95-52-88-46-76(29-35-82(88)58-107(95)118(106)111(100)101)66(8)23-24-67(9)77-30-36-83-59-109-97(53-89(83)47-77)103-61-90(113(114,115)116)60-102-96-49-85-43-73(63(4)5)26-32-79(85)55-108(96)119(109)112(102)103/h1,11-20,25-67H,21-24H2,2-9H3. The van der Waals surface area contributed by atoms with E-state index in [2.05, 4.69) is 348 Å². The molecular formula is C113H86F3N3. The zero-order valence-electron chi connectivity index (χ0n) is 68.0. The van der Waals surface area contributed by atoms with Crippen LogP contribution in [-0.2, 0) is 6.18 Å². The van der Waals surface area contributed by atoms with Crippen molar-refractivity contribution in [2.45, 2.75) is 123 Å². The number of fused-ring (bicyclic) bond motifs is 24. The molecular weight excluding hydrogens is 1460 g/mol. The van der Waals surface area contributed by atoms with Gasteiger partial charge in [-0.15, -0.1) is 6.42 Å². The van der Waals surface area contributed by atoms with Gasteiger partial charge in [0.15, 0.2) is 0 Å². The van der Waals surface area contributed by atoms with Crippen molar-refractivity contribution in [3.8, 4) is 12.3 Å². The molecule has 119 heavy (non-hydrogen) atoms. The molecule has 0 aliphatic carbocycles. The maximum Gasteiger partial charge on any atom is 0.416 e. The molecule has 574 valence electrons. The van der Waals surface area contributed by atoms with Gasteiger partial charge in [-0.2, -0.15) is 13.2 Å². The first kappa shape index (κ1) is 71.1. The van der Waals surface area contributed by atoms with Crippen molar-refractivity contribution >= 4 is 191 Å². The molecule has 4 atom stereocenters. The lowest BCUT2D eigenvalue weighted by Gasteiger charge is -2.18. The van der Waals surface area contributed by atoms with Crippen molar-refractivity contribution in [2.75, 3.05) is 0 Å². The summed E-state index contributed by atoms with van der Waals surface area (Å²) >= 11 is 0. The molecule has 0 spiro atoms. The fourth-order valence-corrected chi connectivity index (χ4v) is 20.9. The Balaban J connectivity index is 0.552. The molecule has 6 heteroatoms. The Bertz CT molecular complexity index is 8260. The first-order valence-corrected chi connectivity index (χ1v) is 42.6. The molecule has 17 aromatic carbocycles. The number of hydrogen-bond acceptors (Lipinski definition) is 0. The average Bonchev–Trinajstić information content (AvgIpc) is 1.54. The van der Waals surface area contributed by atoms with Crippen LogP contribution in [0.1, 0.15) is 178 Å². The van der Waals surface area contributed by atoms with Crippen molar-refractivity contribution in [2.24, 2.45) is 0 Å². The molecule has 4 unspecified atom stereocenters. The highest BCUT2D eigenvalue weighted by Gasteiger charge is 2.34. The lowest BCUT2D eigenvalue weighted by Crippen LogP contribution is -2.04. The number of rotatable bonds is 15. The van der Waals surface area contributed by atoms with Gasteiger partial charge in [-0.05, 0) is 297 Å². The quantitative estimate of drug-likeness (QED) is 0.0717. The normalized spacial score (nSPS) is 13.8. The van der Waals surface area contributed by atoms with Crippen molar-refractivity contribution in [3.63, 3.8) is 0 Å². The Labute approximate surface area is 687 Å². The molecule has 0 radical (unpaired) electrons. The van der Waals surface area contributed by atoms with E-state index < -0.39 is 11.7 Å². The minimum Gasteiger partial charge on any atom is -0.308 e. The van der Waals surface area contributed by atoms with Crippen LogP contribution in [0.15, 0.2) is 279 Å². The number of terminal acetylenes is 1. The molecule has 6 aromatic heterocycles. The molecule has 0 amide bonds. The predicted octanol–water partition coefficient (Wildman–Crippen LogP) is 32.3. The molecule has 0 aliphatic heterocycles. The number of halogens is 3. The summed E-state index contributed by atoms with van der Waals surface area (Å²) in [5, 5.41) is 27.0. The number of nitrogens with zero attached hydrogens (tertiary/aromatic N) is 3. The van der Waals surface area contributed by atoms with E-state index in [4.69, 9.17) is 6.42 Å². The molecule has 0 fully saturated rings. The van der Waals surface area contributed by atoms with Crippen LogP contribution in [0.3, 0.4) is 0 Å². The van der Waals surface area contributed by atoms with Gasteiger partial charge in [0, 0.05) is 70.2 Å². The highest BCUT2D eigenvalue weighted by atomic mass is 19.4. The molecule has 6 heterocycles. The second-order valence-electron chi connectivity index (χ2n) is 35.7. The second kappa shape index (κ2) is 26.4. The van der Waals surface area contributed by atoms with Gasteiger partial charge < -0.3 is 13.2 Å². The van der Waals surface area contributed by atoms with Gasteiger partial charge in [0.2, 0.25) is 0 Å². The number of alkyl halides is 3. The molecule has 3 nitrogen and oxygen atoms in total. The Hall–Kier alpha value is -13.2. The van der Waals surface area contributed by atoms with E-state index in [1.807, 2.05) is 0 Å². The lowest BCUT2D eigenvalue weighted by molar-refractivity contribution is -0.137. The van der Waals surface area contributed by atoms with Crippen LogP contribution in [0.25, 0.3) is 191 Å². The summed E-state index contributed by atoms with van der Waals surface area (Å²) in [6, 6.07) is 103. The third kappa shape index (κ3) is 11.2. The summed E-state index contributed by atoms with van der Waals surface area (Å²) in [4.78, 5) is 0. The summed E-state index contributed by atoms with van der Waals surface area (Å²) in [7, 11) is 0. The van der Waals surface area contributed by atoms with Gasteiger partial charge in [0.05, 0.1) is 55.2 Å². The minimum atomic E-state index is -4.50. The maximum absolute atomic E-state index is 14.9. The highest BCUT2D eigenvalue weighted by Crippen LogP contribution is 2.50. The molecule has 0 N–H and O–H groups in total. The van der Waals surface area contributed by atoms with Gasteiger partial charge in [-0.25, -0.2) is 0 Å². The van der Waals surface area contributed by atoms with Gasteiger partial charge >= 0.3 is 6.18 Å².